The lowest BCUT2D eigenvalue weighted by Crippen LogP contribution is -2.33. The fraction of sp³-hybridized carbons (Fsp3) is 0.167. The van der Waals surface area contributed by atoms with Crippen LogP contribution in [0.4, 0.5) is 11.4 Å². The van der Waals surface area contributed by atoms with Gasteiger partial charge in [-0.1, -0.05) is 59.9 Å². The smallest absolute Gasteiger partial charge is 0.238 e. The van der Waals surface area contributed by atoms with E-state index in [1.807, 2.05) is 48.5 Å². The lowest BCUT2D eigenvalue weighted by atomic mass is 10.2. The van der Waals surface area contributed by atoms with E-state index in [2.05, 4.69) is 17.1 Å². The zero-order chi connectivity index (χ0) is 16.8. The lowest BCUT2D eigenvalue weighted by molar-refractivity contribution is -0.116. The first-order valence-corrected chi connectivity index (χ1v) is 9.39. The third kappa shape index (κ3) is 3.99. The largest absolute Gasteiger partial charge is 0.298 e. The molecule has 0 N–H and O–H groups in total. The number of fused-ring (bicyclic) bond motifs is 1. The number of carbonyl (C=O) groups is 1. The Hall–Kier alpha value is -2.23. The summed E-state index contributed by atoms with van der Waals surface area (Å²) >= 11 is 3.08. The summed E-state index contributed by atoms with van der Waals surface area (Å²) in [6.07, 6.45) is 0. The van der Waals surface area contributed by atoms with Gasteiger partial charge in [-0.3, -0.25) is 9.69 Å². The average molecular weight is 353 g/mol. The number of nitrogens with zero attached hydrogens (tertiary/aromatic N) is 3. The summed E-state index contributed by atoms with van der Waals surface area (Å²) in [7, 11) is 0. The summed E-state index contributed by atoms with van der Waals surface area (Å²) in [6, 6.07) is 19.4. The highest BCUT2D eigenvalue weighted by Crippen LogP contribution is 2.34. The molecule has 1 aliphatic rings. The Morgan fingerprint density at radius 1 is 1.21 bits per heavy atom. The molecule has 0 aliphatic carbocycles. The van der Waals surface area contributed by atoms with E-state index >= 15 is 0 Å². The zero-order valence-corrected chi connectivity index (χ0v) is 14.5. The maximum atomic E-state index is 12.5. The van der Waals surface area contributed by atoms with E-state index < -0.39 is 0 Å². The number of aliphatic imine (C=N–C) groups is 1. The molecular weight excluding hydrogens is 338 g/mol. The van der Waals surface area contributed by atoms with Crippen molar-refractivity contribution in [1.82, 2.24) is 0 Å². The van der Waals surface area contributed by atoms with Gasteiger partial charge < -0.3 is 0 Å². The van der Waals surface area contributed by atoms with Crippen molar-refractivity contribution in [2.24, 2.45) is 4.99 Å². The number of amides is 1. The number of carbonyl (C=O) groups excluding carboxylic acids is 1. The average Bonchev–Trinajstić information content (AvgIpc) is 2.64. The first-order chi connectivity index (χ1) is 11.8. The molecule has 2 aromatic rings. The molecule has 0 saturated heterocycles. The van der Waals surface area contributed by atoms with Gasteiger partial charge in [0.2, 0.25) is 5.91 Å². The van der Waals surface area contributed by atoms with Gasteiger partial charge in [-0.2, -0.15) is 5.26 Å². The second-order valence-corrected chi connectivity index (χ2v) is 7.24. The second kappa shape index (κ2) is 8.04. The number of nitriles is 1. The van der Waals surface area contributed by atoms with E-state index in [1.165, 1.54) is 22.2 Å². The minimum Gasteiger partial charge on any atom is -0.298 e. The topological polar surface area (TPSA) is 56.5 Å². The van der Waals surface area contributed by atoms with Gasteiger partial charge in [-0.15, -0.1) is 0 Å². The standard InChI is InChI=1S/C18H15N3OS2/c19-10-11-21(15-7-2-1-3-8-15)17(22)13-24-18-20-16-9-5-4-6-14(16)12-23-18/h1-9H,11-13H2. The quantitative estimate of drug-likeness (QED) is 0.773. The molecule has 3 rings (SSSR count). The van der Waals surface area contributed by atoms with Crippen LogP contribution in [-0.2, 0) is 10.5 Å². The third-order valence-electron chi connectivity index (χ3n) is 3.47. The van der Waals surface area contributed by atoms with Crippen LogP contribution in [-0.4, -0.2) is 22.6 Å². The fourth-order valence-electron chi connectivity index (χ4n) is 2.29. The fourth-order valence-corrected chi connectivity index (χ4v) is 4.23. The van der Waals surface area contributed by atoms with Crippen LogP contribution in [0.15, 0.2) is 59.6 Å². The van der Waals surface area contributed by atoms with Crippen molar-refractivity contribution in [1.29, 1.82) is 5.26 Å². The van der Waals surface area contributed by atoms with Crippen molar-refractivity contribution in [2.75, 3.05) is 17.2 Å². The van der Waals surface area contributed by atoms with Crippen LogP contribution >= 0.6 is 23.5 Å². The van der Waals surface area contributed by atoms with Crippen molar-refractivity contribution >= 4 is 45.2 Å². The molecule has 0 radical (unpaired) electrons. The zero-order valence-electron chi connectivity index (χ0n) is 12.9. The number of benzene rings is 2. The maximum Gasteiger partial charge on any atom is 0.238 e. The molecule has 4 nitrogen and oxygen atoms in total. The van der Waals surface area contributed by atoms with E-state index in [4.69, 9.17) is 5.26 Å². The number of thioether (sulfide) groups is 2. The number of anilines is 1. The van der Waals surface area contributed by atoms with Crippen molar-refractivity contribution in [2.45, 2.75) is 5.75 Å². The highest BCUT2D eigenvalue weighted by Gasteiger charge is 2.18. The van der Waals surface area contributed by atoms with Gasteiger partial charge in [-0.05, 0) is 23.8 Å². The van der Waals surface area contributed by atoms with Crippen LogP contribution in [0, 0.1) is 11.3 Å². The van der Waals surface area contributed by atoms with Gasteiger partial charge in [0.15, 0.2) is 0 Å². The molecule has 24 heavy (non-hydrogen) atoms. The molecule has 0 fully saturated rings. The highest BCUT2D eigenvalue weighted by molar-refractivity contribution is 8.38. The van der Waals surface area contributed by atoms with E-state index in [0.29, 0.717) is 0 Å². The van der Waals surface area contributed by atoms with Gasteiger partial charge >= 0.3 is 0 Å². The van der Waals surface area contributed by atoms with Crippen molar-refractivity contribution < 1.29 is 4.79 Å². The van der Waals surface area contributed by atoms with Gasteiger partial charge in [0.25, 0.3) is 0 Å². The Labute approximate surface area is 149 Å². The molecule has 0 bridgehead atoms. The van der Waals surface area contributed by atoms with Crippen molar-refractivity contribution in [3.8, 4) is 6.07 Å². The van der Waals surface area contributed by atoms with Gasteiger partial charge in [-0.25, -0.2) is 4.99 Å². The molecule has 6 heteroatoms. The summed E-state index contributed by atoms with van der Waals surface area (Å²) < 4.78 is 0.895. The highest BCUT2D eigenvalue weighted by atomic mass is 32.2. The van der Waals surface area contributed by atoms with Crippen molar-refractivity contribution in [3.05, 3.63) is 60.2 Å². The van der Waals surface area contributed by atoms with E-state index in [1.54, 1.807) is 11.8 Å². The summed E-state index contributed by atoms with van der Waals surface area (Å²) in [4.78, 5) is 18.6. The number of hydrogen-bond acceptors (Lipinski definition) is 5. The molecule has 0 aromatic heterocycles. The summed E-state index contributed by atoms with van der Waals surface area (Å²) in [5.74, 6) is 1.05. The van der Waals surface area contributed by atoms with Crippen LogP contribution < -0.4 is 4.90 Å². The SMILES string of the molecule is N#CCN(C(=O)CSC1=Nc2ccccc2CS1)c1ccccc1. The molecule has 0 spiro atoms. The number of hydrogen-bond donors (Lipinski definition) is 0. The minimum absolute atomic E-state index is 0.0475. The first kappa shape index (κ1) is 16.6. The van der Waals surface area contributed by atoms with Crippen molar-refractivity contribution in [3.63, 3.8) is 0 Å². The summed E-state index contributed by atoms with van der Waals surface area (Å²) in [5, 5.41) is 8.99. The van der Waals surface area contributed by atoms with Gasteiger partial charge in [0.05, 0.1) is 17.5 Å². The maximum absolute atomic E-state index is 12.5. The Kier molecular flexibility index (Phi) is 5.57. The molecular formula is C18H15N3OS2. The van der Waals surface area contributed by atoms with Gasteiger partial charge in [0.1, 0.15) is 10.9 Å². The normalized spacial score (nSPS) is 12.7. The summed E-state index contributed by atoms with van der Waals surface area (Å²) in [6.45, 7) is 0.0475. The molecule has 0 atom stereocenters. The molecule has 1 amide bonds. The van der Waals surface area contributed by atoms with E-state index in [-0.39, 0.29) is 18.2 Å². The molecule has 1 aliphatic heterocycles. The minimum atomic E-state index is -0.0880. The molecule has 0 saturated carbocycles. The van der Waals surface area contributed by atoms with Gasteiger partial charge in [0, 0.05) is 11.4 Å². The van der Waals surface area contributed by atoms with Crippen LogP contribution in [0.1, 0.15) is 5.56 Å². The Morgan fingerprint density at radius 2 is 1.96 bits per heavy atom. The van der Waals surface area contributed by atoms with Crippen LogP contribution in [0.5, 0.6) is 0 Å². The summed E-state index contributed by atoms with van der Waals surface area (Å²) in [5.41, 5.74) is 2.94. The Balaban J connectivity index is 1.67. The molecule has 2 aromatic carbocycles. The van der Waals surface area contributed by atoms with E-state index in [0.717, 1.165) is 21.5 Å². The van der Waals surface area contributed by atoms with Crippen LogP contribution in [0.2, 0.25) is 0 Å². The van der Waals surface area contributed by atoms with E-state index in [9.17, 15) is 4.79 Å². The van der Waals surface area contributed by atoms with Crippen LogP contribution in [0.25, 0.3) is 0 Å². The lowest BCUT2D eigenvalue weighted by Gasteiger charge is -2.20. The molecule has 0 unspecified atom stereocenters. The number of rotatable bonds is 4. The molecule has 1 heterocycles. The Morgan fingerprint density at radius 3 is 2.75 bits per heavy atom. The first-order valence-electron chi connectivity index (χ1n) is 7.42. The second-order valence-electron chi connectivity index (χ2n) is 5.06. The number of para-hydroxylation sites is 2. The predicted molar refractivity (Wildman–Crippen MR) is 102 cm³/mol. The van der Waals surface area contributed by atoms with Crippen LogP contribution in [0.3, 0.4) is 0 Å². The molecule has 120 valence electrons. The monoisotopic (exact) mass is 353 g/mol. The Bertz CT molecular complexity index is 799. The predicted octanol–water partition coefficient (Wildman–Crippen LogP) is 4.21. The third-order valence-corrected chi connectivity index (χ3v) is 5.70.